The first kappa shape index (κ1) is 20.3. The minimum absolute atomic E-state index is 0.0151. The summed E-state index contributed by atoms with van der Waals surface area (Å²) in [5, 5.41) is 0.578. The van der Waals surface area contributed by atoms with Crippen LogP contribution < -0.4 is 4.90 Å². The zero-order chi connectivity index (χ0) is 19.8. The van der Waals surface area contributed by atoms with Gasteiger partial charge in [0.1, 0.15) is 0 Å². The predicted octanol–water partition coefficient (Wildman–Crippen LogP) is 3.84. The summed E-state index contributed by atoms with van der Waals surface area (Å²) in [6, 6.07) is 12.7. The van der Waals surface area contributed by atoms with E-state index >= 15 is 0 Å². The van der Waals surface area contributed by atoms with Crippen LogP contribution >= 0.6 is 27.5 Å². The monoisotopic (exact) mass is 470 g/mol. The number of sulfonamides is 1. The molecule has 0 spiro atoms. The summed E-state index contributed by atoms with van der Waals surface area (Å²) in [4.78, 5) is 14.7. The molecule has 0 N–H and O–H groups in total. The van der Waals surface area contributed by atoms with E-state index in [0.29, 0.717) is 5.02 Å². The van der Waals surface area contributed by atoms with Crippen LogP contribution in [-0.4, -0.2) is 37.5 Å². The first-order chi connectivity index (χ1) is 12.6. The van der Waals surface area contributed by atoms with Gasteiger partial charge in [0.05, 0.1) is 12.8 Å². The van der Waals surface area contributed by atoms with Crippen molar-refractivity contribution in [3.8, 4) is 0 Å². The standard InChI is InChI=1S/C19H20BrClN2O3S/c1-13-9-15-10-16(20)5-8-18(15)23(13)19(24)12-22(27(2,25)26)11-14-3-6-17(21)7-4-14/h3-8,10,13H,9,11-12H2,1-2H3. The second kappa shape index (κ2) is 7.91. The maximum atomic E-state index is 13.0. The van der Waals surface area contributed by atoms with E-state index in [9.17, 15) is 13.2 Å². The molecule has 1 atom stereocenters. The number of amides is 1. The van der Waals surface area contributed by atoms with Crippen LogP contribution in [0.15, 0.2) is 46.9 Å². The van der Waals surface area contributed by atoms with Crippen LogP contribution in [0.4, 0.5) is 5.69 Å². The highest BCUT2D eigenvalue weighted by Crippen LogP contribution is 2.34. The summed E-state index contributed by atoms with van der Waals surface area (Å²) in [5.41, 5.74) is 2.70. The molecule has 0 saturated heterocycles. The van der Waals surface area contributed by atoms with Crippen LogP contribution in [-0.2, 0) is 27.8 Å². The van der Waals surface area contributed by atoms with E-state index < -0.39 is 10.0 Å². The van der Waals surface area contributed by atoms with Gasteiger partial charge in [0, 0.05) is 27.8 Å². The second-order valence-corrected chi connectivity index (χ2v) is 10.1. The van der Waals surface area contributed by atoms with Gasteiger partial charge in [0.15, 0.2) is 0 Å². The van der Waals surface area contributed by atoms with Gasteiger partial charge in [-0.05, 0) is 54.8 Å². The van der Waals surface area contributed by atoms with Crippen LogP contribution in [0.5, 0.6) is 0 Å². The number of rotatable bonds is 5. The second-order valence-electron chi connectivity index (χ2n) is 6.75. The summed E-state index contributed by atoms with van der Waals surface area (Å²) in [7, 11) is -3.55. The molecule has 144 valence electrons. The van der Waals surface area contributed by atoms with E-state index in [1.165, 1.54) is 4.31 Å². The summed E-state index contributed by atoms with van der Waals surface area (Å²) in [5.74, 6) is -0.233. The molecule has 0 radical (unpaired) electrons. The maximum Gasteiger partial charge on any atom is 0.242 e. The van der Waals surface area contributed by atoms with Gasteiger partial charge >= 0.3 is 0 Å². The zero-order valence-corrected chi connectivity index (χ0v) is 18.2. The molecule has 0 aromatic heterocycles. The molecule has 1 amide bonds. The van der Waals surface area contributed by atoms with E-state index in [1.807, 2.05) is 25.1 Å². The summed E-state index contributed by atoms with van der Waals surface area (Å²) in [6.45, 7) is 1.88. The van der Waals surface area contributed by atoms with E-state index in [0.717, 1.165) is 34.0 Å². The fourth-order valence-corrected chi connectivity index (χ4v) is 4.55. The molecule has 1 unspecified atom stereocenters. The highest BCUT2D eigenvalue weighted by atomic mass is 79.9. The van der Waals surface area contributed by atoms with E-state index in [-0.39, 0.29) is 25.0 Å². The Bertz CT molecular complexity index is 963. The minimum atomic E-state index is -3.55. The molecule has 2 aromatic carbocycles. The minimum Gasteiger partial charge on any atom is -0.308 e. The molecular formula is C19H20BrClN2O3S. The summed E-state index contributed by atoms with van der Waals surface area (Å²) in [6.07, 6.45) is 1.87. The van der Waals surface area contributed by atoms with Crippen LogP contribution in [0, 0.1) is 0 Å². The average molecular weight is 472 g/mol. The fraction of sp³-hybridized carbons (Fsp3) is 0.316. The number of carbonyl (C=O) groups excluding carboxylic acids is 1. The van der Waals surface area contributed by atoms with Gasteiger partial charge in [0.25, 0.3) is 0 Å². The molecule has 0 aliphatic carbocycles. The van der Waals surface area contributed by atoms with Crippen molar-refractivity contribution in [1.82, 2.24) is 4.31 Å². The molecule has 1 aliphatic rings. The summed E-state index contributed by atoms with van der Waals surface area (Å²) >= 11 is 9.34. The predicted molar refractivity (Wildman–Crippen MR) is 111 cm³/mol. The molecule has 0 saturated carbocycles. The van der Waals surface area contributed by atoms with Crippen molar-refractivity contribution in [2.24, 2.45) is 0 Å². The number of halogens is 2. The Kier molecular flexibility index (Phi) is 5.96. The third kappa shape index (κ3) is 4.71. The molecule has 0 bridgehead atoms. The third-order valence-electron chi connectivity index (χ3n) is 4.58. The van der Waals surface area contributed by atoms with Crippen molar-refractivity contribution in [2.75, 3.05) is 17.7 Å². The lowest BCUT2D eigenvalue weighted by Gasteiger charge is -2.26. The highest BCUT2D eigenvalue weighted by Gasteiger charge is 2.33. The molecule has 0 fully saturated rings. The largest absolute Gasteiger partial charge is 0.308 e. The quantitative estimate of drug-likeness (QED) is 0.666. The van der Waals surface area contributed by atoms with Crippen molar-refractivity contribution >= 4 is 49.1 Å². The number of hydrogen-bond acceptors (Lipinski definition) is 3. The van der Waals surface area contributed by atoms with Crippen LogP contribution in [0.3, 0.4) is 0 Å². The normalized spacial score (nSPS) is 16.6. The lowest BCUT2D eigenvalue weighted by Crippen LogP contribution is -2.44. The fourth-order valence-electron chi connectivity index (χ4n) is 3.29. The first-order valence-corrected chi connectivity index (χ1v) is 11.5. The molecule has 1 heterocycles. The van der Waals surface area contributed by atoms with Gasteiger partial charge in [-0.15, -0.1) is 0 Å². The highest BCUT2D eigenvalue weighted by molar-refractivity contribution is 9.10. The Morgan fingerprint density at radius 2 is 1.93 bits per heavy atom. The van der Waals surface area contributed by atoms with Crippen LogP contribution in [0.2, 0.25) is 5.02 Å². The topological polar surface area (TPSA) is 57.7 Å². The average Bonchev–Trinajstić information content (AvgIpc) is 2.90. The van der Waals surface area contributed by atoms with Crippen molar-refractivity contribution in [1.29, 1.82) is 0 Å². The molecule has 3 rings (SSSR count). The number of benzene rings is 2. The molecule has 27 heavy (non-hydrogen) atoms. The van der Waals surface area contributed by atoms with Crippen molar-refractivity contribution < 1.29 is 13.2 Å². The Morgan fingerprint density at radius 1 is 1.26 bits per heavy atom. The first-order valence-electron chi connectivity index (χ1n) is 8.45. The van der Waals surface area contributed by atoms with Crippen molar-refractivity contribution in [2.45, 2.75) is 25.9 Å². The van der Waals surface area contributed by atoms with E-state index in [4.69, 9.17) is 11.6 Å². The Balaban J connectivity index is 1.82. The van der Waals surface area contributed by atoms with Gasteiger partial charge in [0.2, 0.25) is 15.9 Å². The molecule has 5 nitrogen and oxygen atoms in total. The smallest absolute Gasteiger partial charge is 0.242 e. The maximum absolute atomic E-state index is 13.0. The van der Waals surface area contributed by atoms with Crippen molar-refractivity contribution in [3.05, 3.63) is 63.1 Å². The van der Waals surface area contributed by atoms with Gasteiger partial charge in [-0.2, -0.15) is 4.31 Å². The molecule has 8 heteroatoms. The molecule has 2 aromatic rings. The lowest BCUT2D eigenvalue weighted by molar-refractivity contribution is -0.119. The number of carbonyl (C=O) groups is 1. The SMILES string of the molecule is CC1Cc2cc(Br)ccc2N1C(=O)CN(Cc1ccc(Cl)cc1)S(C)(=O)=O. The zero-order valence-electron chi connectivity index (χ0n) is 15.0. The summed E-state index contributed by atoms with van der Waals surface area (Å²) < 4.78 is 26.7. The van der Waals surface area contributed by atoms with Crippen LogP contribution in [0.1, 0.15) is 18.1 Å². The molecule has 1 aliphatic heterocycles. The van der Waals surface area contributed by atoms with Gasteiger partial charge in [-0.1, -0.05) is 39.7 Å². The Morgan fingerprint density at radius 3 is 2.56 bits per heavy atom. The van der Waals surface area contributed by atoms with Gasteiger partial charge < -0.3 is 4.90 Å². The number of fused-ring (bicyclic) bond motifs is 1. The van der Waals surface area contributed by atoms with Crippen molar-refractivity contribution in [3.63, 3.8) is 0 Å². The van der Waals surface area contributed by atoms with Gasteiger partial charge in [-0.25, -0.2) is 8.42 Å². The Hall–Kier alpha value is -1.41. The number of nitrogens with zero attached hydrogens (tertiary/aromatic N) is 2. The third-order valence-corrected chi connectivity index (χ3v) is 6.52. The number of anilines is 1. The van der Waals surface area contributed by atoms with Gasteiger partial charge in [-0.3, -0.25) is 4.79 Å². The van der Waals surface area contributed by atoms with E-state index in [2.05, 4.69) is 15.9 Å². The lowest BCUT2D eigenvalue weighted by atomic mass is 10.1. The van der Waals surface area contributed by atoms with Crippen LogP contribution in [0.25, 0.3) is 0 Å². The number of hydrogen-bond donors (Lipinski definition) is 0. The van der Waals surface area contributed by atoms with E-state index in [1.54, 1.807) is 29.2 Å². The molecular weight excluding hydrogens is 452 g/mol. The Labute approximate surface area is 173 Å².